The number of ether oxygens (including phenoxy) is 1. The zero-order valence-electron chi connectivity index (χ0n) is 15.3. The van der Waals surface area contributed by atoms with Crippen LogP contribution < -0.4 is 5.32 Å². The summed E-state index contributed by atoms with van der Waals surface area (Å²) in [7, 11) is -1.08. The Morgan fingerprint density at radius 1 is 0.962 bits per heavy atom. The van der Waals surface area contributed by atoms with E-state index in [-0.39, 0.29) is 12.6 Å². The zero-order chi connectivity index (χ0) is 18.6. The summed E-state index contributed by atoms with van der Waals surface area (Å²) >= 11 is 0. The van der Waals surface area contributed by atoms with E-state index in [9.17, 15) is 4.79 Å². The number of alkyl carbamates (subject to hydrolysis) is 1. The van der Waals surface area contributed by atoms with Crippen molar-refractivity contribution in [1.82, 2.24) is 5.32 Å². The van der Waals surface area contributed by atoms with Crippen LogP contribution in [0.2, 0.25) is 0 Å². The number of carbonyl (C=O) groups is 1. The standard InChI is InChI=1S/C20H26NO4P/c1-3-24-26(25-4-2)16-19(18-13-9-6-10-14-18)21-20(22)23-15-17-11-7-5-8-12-17/h5-14,19H,3-4,15-16H2,1-2H3,(H,21,22). The second kappa shape index (κ2) is 11.6. The van der Waals surface area contributed by atoms with E-state index in [0.29, 0.717) is 19.4 Å². The minimum atomic E-state index is -1.08. The first kappa shape index (κ1) is 20.4. The zero-order valence-corrected chi connectivity index (χ0v) is 16.2. The first-order chi connectivity index (χ1) is 12.7. The van der Waals surface area contributed by atoms with Crippen LogP contribution in [0.3, 0.4) is 0 Å². The van der Waals surface area contributed by atoms with Crippen molar-refractivity contribution in [3.63, 3.8) is 0 Å². The summed E-state index contributed by atoms with van der Waals surface area (Å²) in [6.07, 6.45) is 0.118. The summed E-state index contributed by atoms with van der Waals surface area (Å²) in [4.78, 5) is 12.3. The second-order valence-corrected chi connectivity index (χ2v) is 7.07. The van der Waals surface area contributed by atoms with Gasteiger partial charge in [-0.3, -0.25) is 0 Å². The molecule has 0 aromatic heterocycles. The Labute approximate surface area is 156 Å². The van der Waals surface area contributed by atoms with Crippen LogP contribution in [0.5, 0.6) is 0 Å². The predicted molar refractivity (Wildman–Crippen MR) is 104 cm³/mol. The summed E-state index contributed by atoms with van der Waals surface area (Å²) in [6, 6.07) is 19.2. The molecule has 0 heterocycles. The van der Waals surface area contributed by atoms with E-state index in [2.05, 4.69) is 5.32 Å². The van der Waals surface area contributed by atoms with Gasteiger partial charge in [-0.1, -0.05) is 60.7 Å². The molecule has 26 heavy (non-hydrogen) atoms. The van der Waals surface area contributed by atoms with Crippen molar-refractivity contribution in [2.45, 2.75) is 26.5 Å². The third kappa shape index (κ3) is 7.12. The molecule has 1 unspecified atom stereocenters. The lowest BCUT2D eigenvalue weighted by atomic mass is 10.1. The Hall–Kier alpha value is -1.94. The molecular weight excluding hydrogens is 349 g/mol. The van der Waals surface area contributed by atoms with Gasteiger partial charge in [0.15, 0.2) is 8.38 Å². The van der Waals surface area contributed by atoms with E-state index in [1.165, 1.54) is 0 Å². The molecule has 0 bridgehead atoms. The monoisotopic (exact) mass is 375 g/mol. The van der Waals surface area contributed by atoms with Crippen LogP contribution in [0.25, 0.3) is 0 Å². The molecule has 140 valence electrons. The van der Waals surface area contributed by atoms with Gasteiger partial charge >= 0.3 is 6.09 Å². The molecule has 0 aliphatic rings. The molecule has 0 aliphatic carbocycles. The van der Waals surface area contributed by atoms with Gasteiger partial charge in [0, 0.05) is 6.16 Å². The van der Waals surface area contributed by atoms with Crippen LogP contribution in [-0.2, 0) is 20.4 Å². The lowest BCUT2D eigenvalue weighted by Crippen LogP contribution is -2.31. The van der Waals surface area contributed by atoms with Crippen LogP contribution in [0.1, 0.15) is 31.0 Å². The number of hydrogen-bond donors (Lipinski definition) is 1. The molecule has 1 N–H and O–H groups in total. The maximum absolute atomic E-state index is 12.3. The van der Waals surface area contributed by atoms with E-state index in [0.717, 1.165) is 11.1 Å². The van der Waals surface area contributed by atoms with Gasteiger partial charge in [0.25, 0.3) is 0 Å². The maximum Gasteiger partial charge on any atom is 0.407 e. The normalized spacial score (nSPS) is 12.0. The van der Waals surface area contributed by atoms with E-state index < -0.39 is 14.5 Å². The molecule has 2 aromatic carbocycles. The summed E-state index contributed by atoms with van der Waals surface area (Å²) in [5.74, 6) is 0. The Morgan fingerprint density at radius 3 is 2.12 bits per heavy atom. The topological polar surface area (TPSA) is 56.8 Å². The Kier molecular flexibility index (Phi) is 9.11. The van der Waals surface area contributed by atoms with Gasteiger partial charge in [-0.05, 0) is 25.0 Å². The minimum Gasteiger partial charge on any atom is -0.445 e. The Morgan fingerprint density at radius 2 is 1.54 bits per heavy atom. The fourth-order valence-electron chi connectivity index (χ4n) is 2.41. The average molecular weight is 375 g/mol. The summed E-state index contributed by atoms with van der Waals surface area (Å²) in [5.41, 5.74) is 1.95. The molecule has 1 amide bonds. The lowest BCUT2D eigenvalue weighted by Gasteiger charge is -2.23. The molecule has 0 saturated carbocycles. The number of rotatable bonds is 10. The fraction of sp³-hybridized carbons (Fsp3) is 0.350. The van der Waals surface area contributed by atoms with Crippen LogP contribution >= 0.6 is 8.38 Å². The first-order valence-corrected chi connectivity index (χ1v) is 10.1. The number of nitrogens with one attached hydrogen (secondary N) is 1. The third-order valence-electron chi connectivity index (χ3n) is 3.58. The molecule has 5 nitrogen and oxygen atoms in total. The van der Waals surface area contributed by atoms with Crippen molar-refractivity contribution in [3.05, 3.63) is 71.8 Å². The van der Waals surface area contributed by atoms with Crippen molar-refractivity contribution in [1.29, 1.82) is 0 Å². The summed E-state index contributed by atoms with van der Waals surface area (Å²) < 4.78 is 16.7. The van der Waals surface area contributed by atoms with Crippen molar-refractivity contribution in [3.8, 4) is 0 Å². The molecule has 0 fully saturated rings. The minimum absolute atomic E-state index is 0.233. The maximum atomic E-state index is 12.3. The van der Waals surface area contributed by atoms with E-state index in [1.807, 2.05) is 74.5 Å². The van der Waals surface area contributed by atoms with Gasteiger partial charge in [-0.2, -0.15) is 0 Å². The van der Waals surface area contributed by atoms with Gasteiger partial charge in [-0.25, -0.2) is 4.79 Å². The van der Waals surface area contributed by atoms with Crippen LogP contribution in [-0.4, -0.2) is 25.5 Å². The number of amides is 1. The highest BCUT2D eigenvalue weighted by Crippen LogP contribution is 2.41. The molecule has 1 atom stereocenters. The van der Waals surface area contributed by atoms with Gasteiger partial charge in [0.1, 0.15) is 6.61 Å². The number of hydrogen-bond acceptors (Lipinski definition) is 4. The van der Waals surface area contributed by atoms with Crippen LogP contribution in [0.4, 0.5) is 4.79 Å². The number of carbonyl (C=O) groups excluding carboxylic acids is 1. The smallest absolute Gasteiger partial charge is 0.407 e. The van der Waals surface area contributed by atoms with E-state index in [1.54, 1.807) is 0 Å². The van der Waals surface area contributed by atoms with Crippen molar-refractivity contribution in [2.75, 3.05) is 19.4 Å². The lowest BCUT2D eigenvalue weighted by molar-refractivity contribution is 0.136. The van der Waals surface area contributed by atoms with Gasteiger partial charge in [0.2, 0.25) is 0 Å². The molecule has 0 radical (unpaired) electrons. The SMILES string of the molecule is CCOP(CC(NC(=O)OCc1ccccc1)c1ccccc1)OCC. The molecule has 6 heteroatoms. The molecular formula is C20H26NO4P. The molecule has 0 spiro atoms. The highest BCUT2D eigenvalue weighted by molar-refractivity contribution is 7.47. The van der Waals surface area contributed by atoms with Gasteiger partial charge in [0.05, 0.1) is 19.3 Å². The number of benzene rings is 2. The third-order valence-corrected chi connectivity index (χ3v) is 5.34. The predicted octanol–water partition coefficient (Wildman–Crippen LogP) is 5.04. The molecule has 2 aromatic rings. The average Bonchev–Trinajstić information content (AvgIpc) is 2.68. The van der Waals surface area contributed by atoms with Crippen LogP contribution in [0, 0.1) is 0 Å². The Bertz CT molecular complexity index is 633. The van der Waals surface area contributed by atoms with Crippen molar-refractivity contribution in [2.24, 2.45) is 0 Å². The van der Waals surface area contributed by atoms with E-state index in [4.69, 9.17) is 13.8 Å². The van der Waals surface area contributed by atoms with Gasteiger partial charge < -0.3 is 19.1 Å². The summed E-state index contributed by atoms with van der Waals surface area (Å²) in [6.45, 7) is 5.26. The van der Waals surface area contributed by atoms with Crippen molar-refractivity contribution < 1.29 is 18.6 Å². The molecule has 0 aliphatic heterocycles. The Balaban J connectivity index is 1.99. The molecule has 2 rings (SSSR count). The quantitative estimate of drug-likeness (QED) is 0.591. The highest BCUT2D eigenvalue weighted by Gasteiger charge is 2.22. The fourth-order valence-corrected chi connectivity index (χ4v) is 3.87. The molecule has 0 saturated heterocycles. The summed E-state index contributed by atoms with van der Waals surface area (Å²) in [5, 5.41) is 2.95. The first-order valence-electron chi connectivity index (χ1n) is 8.78. The van der Waals surface area contributed by atoms with E-state index >= 15 is 0 Å². The van der Waals surface area contributed by atoms with Crippen molar-refractivity contribution >= 4 is 14.5 Å². The largest absolute Gasteiger partial charge is 0.445 e. The van der Waals surface area contributed by atoms with Gasteiger partial charge in [-0.15, -0.1) is 0 Å². The second-order valence-electron chi connectivity index (χ2n) is 5.52. The highest BCUT2D eigenvalue weighted by atomic mass is 31.2. The van der Waals surface area contributed by atoms with Crippen LogP contribution in [0.15, 0.2) is 60.7 Å².